The van der Waals surface area contributed by atoms with Gasteiger partial charge in [0.15, 0.2) is 23.3 Å². The molecule has 0 saturated carbocycles. The fraction of sp³-hybridized carbons (Fsp3) is 0. The number of anilines is 1. The molecule has 0 unspecified atom stereocenters. The molecule has 2 aromatic carbocycles. The van der Waals surface area contributed by atoms with E-state index in [-0.39, 0.29) is 28.2 Å². The van der Waals surface area contributed by atoms with Crippen molar-refractivity contribution in [2.45, 2.75) is 0 Å². The van der Waals surface area contributed by atoms with Gasteiger partial charge in [0.2, 0.25) is 0 Å². The first kappa shape index (κ1) is 15.0. The van der Waals surface area contributed by atoms with Crippen molar-refractivity contribution in [3.05, 3.63) is 71.8 Å². The molecule has 1 heterocycles. The van der Waals surface area contributed by atoms with Crippen molar-refractivity contribution in [1.82, 2.24) is 4.98 Å². The fourth-order valence-corrected chi connectivity index (χ4v) is 2.23. The minimum Gasteiger partial charge on any atom is -0.399 e. The van der Waals surface area contributed by atoms with Crippen LogP contribution < -0.4 is 5.73 Å². The quantitative estimate of drug-likeness (QED) is 0.704. The highest BCUT2D eigenvalue weighted by Gasteiger charge is 2.15. The van der Waals surface area contributed by atoms with E-state index in [1.165, 1.54) is 36.4 Å². The summed E-state index contributed by atoms with van der Waals surface area (Å²) in [6.07, 6.45) is 0. The van der Waals surface area contributed by atoms with Crippen molar-refractivity contribution < 1.29 is 17.6 Å². The van der Waals surface area contributed by atoms with Crippen molar-refractivity contribution in [3.8, 4) is 22.5 Å². The van der Waals surface area contributed by atoms with E-state index < -0.39 is 23.3 Å². The number of hydrogen-bond acceptors (Lipinski definition) is 2. The highest BCUT2D eigenvalue weighted by atomic mass is 19.2. The van der Waals surface area contributed by atoms with E-state index in [4.69, 9.17) is 5.73 Å². The van der Waals surface area contributed by atoms with Gasteiger partial charge in [-0.15, -0.1) is 0 Å². The Balaban J connectivity index is 2.21. The fourth-order valence-electron chi connectivity index (χ4n) is 2.23. The third-order valence-electron chi connectivity index (χ3n) is 3.30. The molecule has 0 spiro atoms. The largest absolute Gasteiger partial charge is 0.399 e. The monoisotopic (exact) mass is 318 g/mol. The Kier molecular flexibility index (Phi) is 3.73. The Morgan fingerprint density at radius 2 is 1.13 bits per heavy atom. The molecule has 3 aromatic rings. The summed E-state index contributed by atoms with van der Waals surface area (Å²) in [6, 6.07) is 9.90. The van der Waals surface area contributed by atoms with E-state index in [2.05, 4.69) is 4.98 Å². The number of benzene rings is 2. The Bertz CT molecular complexity index is 824. The van der Waals surface area contributed by atoms with Gasteiger partial charge in [0.1, 0.15) is 0 Å². The lowest BCUT2D eigenvalue weighted by molar-refractivity contribution is 0.510. The minimum atomic E-state index is -1.09. The molecule has 23 heavy (non-hydrogen) atoms. The van der Waals surface area contributed by atoms with Gasteiger partial charge >= 0.3 is 0 Å². The van der Waals surface area contributed by atoms with Crippen LogP contribution in [-0.4, -0.2) is 4.98 Å². The minimum absolute atomic E-state index is 0.0284. The molecule has 0 atom stereocenters. The van der Waals surface area contributed by atoms with E-state index in [0.717, 1.165) is 12.1 Å². The lowest BCUT2D eigenvalue weighted by atomic mass is 10.1. The van der Waals surface area contributed by atoms with E-state index in [0.29, 0.717) is 0 Å². The van der Waals surface area contributed by atoms with Gasteiger partial charge in [0.05, 0.1) is 11.4 Å². The van der Waals surface area contributed by atoms with Crippen LogP contribution >= 0.6 is 0 Å². The summed E-state index contributed by atoms with van der Waals surface area (Å²) in [5.41, 5.74) is 5.73. The summed E-state index contributed by atoms with van der Waals surface area (Å²) >= 11 is 0. The molecule has 2 nitrogen and oxygen atoms in total. The van der Waals surface area contributed by atoms with Crippen molar-refractivity contribution in [3.63, 3.8) is 0 Å². The molecule has 116 valence electrons. The third kappa shape index (κ3) is 2.75. The van der Waals surface area contributed by atoms with Crippen LogP contribution in [0, 0.1) is 23.3 Å². The number of pyridine rings is 1. The summed E-state index contributed by atoms with van der Waals surface area (Å²) in [7, 11) is 0. The molecule has 2 N–H and O–H groups in total. The smallest absolute Gasteiger partial charge is 0.168 e. The molecule has 0 saturated heterocycles. The first-order valence-corrected chi connectivity index (χ1v) is 6.63. The summed E-state index contributed by atoms with van der Waals surface area (Å²) in [5, 5.41) is 0. The summed E-state index contributed by atoms with van der Waals surface area (Å²) in [6.45, 7) is 0. The van der Waals surface area contributed by atoms with Crippen LogP contribution in [0.2, 0.25) is 0 Å². The van der Waals surface area contributed by atoms with Crippen LogP contribution in [0.3, 0.4) is 0 Å². The van der Waals surface area contributed by atoms with Crippen molar-refractivity contribution in [1.29, 1.82) is 0 Å². The number of rotatable bonds is 2. The third-order valence-corrected chi connectivity index (χ3v) is 3.30. The van der Waals surface area contributed by atoms with Crippen LogP contribution in [0.5, 0.6) is 0 Å². The van der Waals surface area contributed by atoms with Crippen molar-refractivity contribution in [2.75, 3.05) is 5.73 Å². The van der Waals surface area contributed by atoms with Crippen LogP contribution in [0.15, 0.2) is 48.5 Å². The van der Waals surface area contributed by atoms with Gasteiger partial charge < -0.3 is 5.73 Å². The van der Waals surface area contributed by atoms with Crippen molar-refractivity contribution in [2.24, 2.45) is 0 Å². The molecule has 0 aliphatic carbocycles. The second-order valence-corrected chi connectivity index (χ2v) is 4.87. The molecule has 0 radical (unpaired) electrons. The maximum absolute atomic E-state index is 13.9. The van der Waals surface area contributed by atoms with E-state index in [9.17, 15) is 17.6 Å². The molecule has 6 heteroatoms. The number of nitrogens with zero attached hydrogens (tertiary/aromatic N) is 1. The lowest BCUT2D eigenvalue weighted by Gasteiger charge is -2.09. The molecular weight excluding hydrogens is 308 g/mol. The van der Waals surface area contributed by atoms with Crippen LogP contribution in [0.25, 0.3) is 22.5 Å². The zero-order chi connectivity index (χ0) is 16.6. The van der Waals surface area contributed by atoms with Gasteiger partial charge in [-0.05, 0) is 36.4 Å². The number of halogens is 4. The molecule has 3 rings (SSSR count). The summed E-state index contributed by atoms with van der Waals surface area (Å²) in [4.78, 5) is 4.08. The average Bonchev–Trinajstić information content (AvgIpc) is 2.52. The number of aromatic nitrogens is 1. The normalized spacial score (nSPS) is 10.8. The molecule has 0 amide bonds. The van der Waals surface area contributed by atoms with E-state index in [1.807, 2.05) is 0 Å². The predicted molar refractivity (Wildman–Crippen MR) is 79.4 cm³/mol. The number of nitrogens with two attached hydrogens (primary N) is 1. The average molecular weight is 318 g/mol. The second kappa shape index (κ2) is 5.72. The number of hydrogen-bond donors (Lipinski definition) is 1. The Morgan fingerprint density at radius 1 is 0.696 bits per heavy atom. The SMILES string of the molecule is Nc1cc(-c2cccc(F)c2F)nc(-c2cccc(F)c2F)c1. The highest BCUT2D eigenvalue weighted by Crippen LogP contribution is 2.30. The molecule has 1 aromatic heterocycles. The maximum atomic E-state index is 13.9. The second-order valence-electron chi connectivity index (χ2n) is 4.87. The first-order chi connectivity index (χ1) is 11.0. The molecule has 0 aliphatic rings. The van der Waals surface area contributed by atoms with Gasteiger partial charge in [0.25, 0.3) is 0 Å². The zero-order valence-electron chi connectivity index (χ0n) is 11.7. The predicted octanol–water partition coefficient (Wildman–Crippen LogP) is 4.55. The molecule has 0 bridgehead atoms. The van der Waals surface area contributed by atoms with Gasteiger partial charge in [-0.2, -0.15) is 0 Å². The first-order valence-electron chi connectivity index (χ1n) is 6.63. The van der Waals surface area contributed by atoms with Gasteiger partial charge in [-0.3, -0.25) is 0 Å². The van der Waals surface area contributed by atoms with Crippen LogP contribution in [0.4, 0.5) is 23.2 Å². The summed E-state index contributed by atoms with van der Waals surface area (Å²) in [5.74, 6) is -4.25. The van der Waals surface area contributed by atoms with E-state index >= 15 is 0 Å². The van der Waals surface area contributed by atoms with Crippen LogP contribution in [-0.2, 0) is 0 Å². The standard InChI is InChI=1S/C17H10F4N2/c18-12-5-1-3-10(16(12)20)14-7-9(22)8-15(23-14)11-4-2-6-13(19)17(11)21/h1-8H,(H2,22,23). The Morgan fingerprint density at radius 3 is 1.57 bits per heavy atom. The summed E-state index contributed by atoms with van der Waals surface area (Å²) < 4.78 is 54.5. The van der Waals surface area contributed by atoms with E-state index in [1.54, 1.807) is 0 Å². The highest BCUT2D eigenvalue weighted by molar-refractivity contribution is 5.71. The molecule has 0 fully saturated rings. The van der Waals surface area contributed by atoms with Gasteiger partial charge in [0, 0.05) is 16.8 Å². The lowest BCUT2D eigenvalue weighted by Crippen LogP contribution is -1.98. The van der Waals surface area contributed by atoms with Gasteiger partial charge in [-0.1, -0.05) is 12.1 Å². The number of nitrogen functional groups attached to an aromatic ring is 1. The van der Waals surface area contributed by atoms with Crippen LogP contribution in [0.1, 0.15) is 0 Å². The van der Waals surface area contributed by atoms with Gasteiger partial charge in [-0.25, -0.2) is 22.5 Å². The topological polar surface area (TPSA) is 38.9 Å². The Hall–Kier alpha value is -2.89. The molecular formula is C17H10F4N2. The Labute approximate surface area is 129 Å². The van der Waals surface area contributed by atoms with Crippen molar-refractivity contribution >= 4 is 5.69 Å². The zero-order valence-corrected chi connectivity index (χ0v) is 11.7. The maximum Gasteiger partial charge on any atom is 0.168 e. The molecule has 0 aliphatic heterocycles.